The van der Waals surface area contributed by atoms with Crippen LogP contribution in [0.3, 0.4) is 0 Å². The third-order valence-electron chi connectivity index (χ3n) is 11.1. The van der Waals surface area contributed by atoms with Crippen molar-refractivity contribution in [3.05, 3.63) is 169 Å². The summed E-state index contributed by atoms with van der Waals surface area (Å²) in [6.45, 7) is 6.91. The Balaban J connectivity index is 1.16. The van der Waals surface area contributed by atoms with Crippen molar-refractivity contribution in [1.29, 1.82) is 0 Å². The summed E-state index contributed by atoms with van der Waals surface area (Å²) in [5.41, 5.74) is 13.9. The van der Waals surface area contributed by atoms with Crippen LogP contribution in [0.15, 0.2) is 152 Å². The summed E-state index contributed by atoms with van der Waals surface area (Å²) in [7, 11) is 0. The average molecular weight is 641 g/mol. The topological polar surface area (TPSA) is 17.8 Å². The second-order valence-corrected chi connectivity index (χ2v) is 14.2. The standard InChI is InChI=1S/C48H36N2/c1-4-45-49-43-19-11-12-20-44(43)50(45)34-25-23-30-27-32(22-21-31(30)28-34)46-37-14-5-7-16-39(37)47(40-17-8-6-15-38(40)46)33-24-26-36-35-13-9-10-18-41(35)48(2,3)42(36)29-33/h5-29H,4H2,1-3H3. The number of para-hydroxylation sites is 2. The largest absolute Gasteiger partial charge is 0.296 e. The van der Waals surface area contributed by atoms with E-state index in [0.29, 0.717) is 0 Å². The highest BCUT2D eigenvalue weighted by atomic mass is 15.1. The van der Waals surface area contributed by atoms with Crippen LogP contribution in [-0.4, -0.2) is 9.55 Å². The Labute approximate surface area is 292 Å². The van der Waals surface area contributed by atoms with Crippen LogP contribution >= 0.6 is 0 Å². The summed E-state index contributed by atoms with van der Waals surface area (Å²) >= 11 is 0. The molecule has 0 unspecified atom stereocenters. The quantitative estimate of drug-likeness (QED) is 0.175. The Hall–Kier alpha value is -5.99. The van der Waals surface area contributed by atoms with Crippen LogP contribution in [0.5, 0.6) is 0 Å². The number of imidazole rings is 1. The predicted octanol–water partition coefficient (Wildman–Crippen LogP) is 12.7. The minimum atomic E-state index is -0.0541. The zero-order chi connectivity index (χ0) is 33.6. The molecule has 8 aromatic carbocycles. The maximum Gasteiger partial charge on any atom is 0.114 e. The maximum atomic E-state index is 4.92. The molecule has 0 saturated carbocycles. The molecule has 1 aliphatic rings. The number of aryl methyl sites for hydroxylation is 1. The molecule has 1 aliphatic carbocycles. The summed E-state index contributed by atoms with van der Waals surface area (Å²) in [4.78, 5) is 4.92. The van der Waals surface area contributed by atoms with Crippen molar-refractivity contribution in [1.82, 2.24) is 9.55 Å². The number of benzene rings is 8. The Morgan fingerprint density at radius 2 is 1.08 bits per heavy atom. The van der Waals surface area contributed by atoms with Gasteiger partial charge in [0.15, 0.2) is 0 Å². The highest BCUT2D eigenvalue weighted by Crippen LogP contribution is 2.51. The van der Waals surface area contributed by atoms with Crippen molar-refractivity contribution >= 4 is 43.4 Å². The molecule has 0 amide bonds. The van der Waals surface area contributed by atoms with Crippen LogP contribution in [0.25, 0.3) is 82.4 Å². The number of hydrogen-bond donors (Lipinski definition) is 0. The molecule has 10 rings (SSSR count). The molecule has 0 radical (unpaired) electrons. The first kappa shape index (κ1) is 29.0. The van der Waals surface area contributed by atoms with E-state index in [1.807, 2.05) is 0 Å². The zero-order valence-electron chi connectivity index (χ0n) is 28.5. The van der Waals surface area contributed by atoms with Crippen LogP contribution in [0.4, 0.5) is 0 Å². The van der Waals surface area contributed by atoms with Gasteiger partial charge in [-0.25, -0.2) is 4.98 Å². The van der Waals surface area contributed by atoms with Gasteiger partial charge in [-0.3, -0.25) is 4.57 Å². The molecule has 0 spiro atoms. The van der Waals surface area contributed by atoms with Crippen molar-refractivity contribution < 1.29 is 0 Å². The van der Waals surface area contributed by atoms with E-state index in [1.54, 1.807) is 0 Å². The monoisotopic (exact) mass is 640 g/mol. The molecule has 2 heteroatoms. The highest BCUT2D eigenvalue weighted by Gasteiger charge is 2.35. The van der Waals surface area contributed by atoms with Crippen LogP contribution in [0, 0.1) is 0 Å². The molecule has 0 aliphatic heterocycles. The molecule has 238 valence electrons. The van der Waals surface area contributed by atoms with Gasteiger partial charge in [0.05, 0.1) is 11.0 Å². The van der Waals surface area contributed by atoms with Gasteiger partial charge in [0.25, 0.3) is 0 Å². The molecule has 50 heavy (non-hydrogen) atoms. The molecule has 1 heterocycles. The molecule has 1 aromatic heterocycles. The highest BCUT2D eigenvalue weighted by molar-refractivity contribution is 6.21. The first-order valence-corrected chi connectivity index (χ1v) is 17.7. The number of nitrogens with zero attached hydrogens (tertiary/aromatic N) is 2. The van der Waals surface area contributed by atoms with Crippen molar-refractivity contribution in [2.75, 3.05) is 0 Å². The molecule has 0 fully saturated rings. The zero-order valence-corrected chi connectivity index (χ0v) is 28.5. The van der Waals surface area contributed by atoms with E-state index in [0.717, 1.165) is 29.0 Å². The molecule has 0 saturated heterocycles. The Kier molecular flexibility index (Phi) is 6.23. The average Bonchev–Trinajstić information content (AvgIpc) is 3.65. The summed E-state index contributed by atoms with van der Waals surface area (Å²) in [6, 6.07) is 56.2. The second-order valence-electron chi connectivity index (χ2n) is 14.2. The SMILES string of the molecule is CCc1nc2ccccc2n1-c1ccc2cc(-c3c4ccccc4c(-c4ccc5c(c4)C(C)(C)c4ccccc4-5)c4ccccc34)ccc2c1. The van der Waals surface area contributed by atoms with Gasteiger partial charge in [-0.1, -0.05) is 136 Å². The van der Waals surface area contributed by atoms with Gasteiger partial charge in [0, 0.05) is 17.5 Å². The molecule has 0 atom stereocenters. The molecule has 0 N–H and O–H groups in total. The van der Waals surface area contributed by atoms with Gasteiger partial charge < -0.3 is 0 Å². The second kappa shape index (κ2) is 10.8. The smallest absolute Gasteiger partial charge is 0.114 e. The fourth-order valence-electron chi connectivity index (χ4n) is 8.74. The fraction of sp³-hybridized carbons (Fsp3) is 0.104. The van der Waals surface area contributed by atoms with Crippen LogP contribution < -0.4 is 0 Å². The third-order valence-corrected chi connectivity index (χ3v) is 11.1. The van der Waals surface area contributed by atoms with E-state index in [4.69, 9.17) is 4.98 Å². The maximum absolute atomic E-state index is 4.92. The van der Waals surface area contributed by atoms with Crippen LogP contribution in [-0.2, 0) is 11.8 Å². The van der Waals surface area contributed by atoms with Gasteiger partial charge in [-0.15, -0.1) is 0 Å². The number of hydrogen-bond acceptors (Lipinski definition) is 1. The van der Waals surface area contributed by atoms with Gasteiger partial charge in [-0.2, -0.15) is 0 Å². The van der Waals surface area contributed by atoms with E-state index < -0.39 is 0 Å². The fourth-order valence-corrected chi connectivity index (χ4v) is 8.74. The first-order chi connectivity index (χ1) is 24.5. The normalized spacial score (nSPS) is 13.3. The third kappa shape index (κ3) is 4.12. The Bertz CT molecular complexity index is 2780. The molecule has 9 aromatic rings. The van der Waals surface area contributed by atoms with Gasteiger partial charge in [0.1, 0.15) is 5.82 Å². The van der Waals surface area contributed by atoms with E-state index >= 15 is 0 Å². The van der Waals surface area contributed by atoms with E-state index in [-0.39, 0.29) is 5.41 Å². The van der Waals surface area contributed by atoms with Gasteiger partial charge in [0.2, 0.25) is 0 Å². The molecular formula is C48H36N2. The van der Waals surface area contributed by atoms with Crippen molar-refractivity contribution in [2.45, 2.75) is 32.6 Å². The number of aromatic nitrogens is 2. The minimum absolute atomic E-state index is 0.0541. The number of rotatable bonds is 4. The summed E-state index contributed by atoms with van der Waals surface area (Å²) in [5.74, 6) is 1.08. The van der Waals surface area contributed by atoms with Crippen LogP contribution in [0.1, 0.15) is 37.7 Å². The lowest BCUT2D eigenvalue weighted by Crippen LogP contribution is -2.14. The Morgan fingerprint density at radius 1 is 0.520 bits per heavy atom. The molecule has 2 nitrogen and oxygen atoms in total. The number of fused-ring (bicyclic) bond motifs is 7. The van der Waals surface area contributed by atoms with Crippen molar-refractivity contribution in [3.8, 4) is 39.1 Å². The molecular weight excluding hydrogens is 605 g/mol. The summed E-state index contributed by atoms with van der Waals surface area (Å²) in [5, 5.41) is 7.56. The van der Waals surface area contributed by atoms with Crippen molar-refractivity contribution in [3.63, 3.8) is 0 Å². The van der Waals surface area contributed by atoms with E-state index in [2.05, 4.69) is 177 Å². The van der Waals surface area contributed by atoms with E-state index in [9.17, 15) is 0 Å². The van der Waals surface area contributed by atoms with Crippen LogP contribution in [0.2, 0.25) is 0 Å². The van der Waals surface area contributed by atoms with Crippen molar-refractivity contribution in [2.24, 2.45) is 0 Å². The lowest BCUT2D eigenvalue weighted by Gasteiger charge is -2.23. The Morgan fingerprint density at radius 3 is 1.80 bits per heavy atom. The summed E-state index contributed by atoms with van der Waals surface area (Å²) in [6.07, 6.45) is 0.874. The summed E-state index contributed by atoms with van der Waals surface area (Å²) < 4.78 is 2.31. The first-order valence-electron chi connectivity index (χ1n) is 17.7. The lowest BCUT2D eigenvalue weighted by molar-refractivity contribution is 0.660. The predicted molar refractivity (Wildman–Crippen MR) is 211 cm³/mol. The van der Waals surface area contributed by atoms with Gasteiger partial charge in [-0.05, 0) is 113 Å². The van der Waals surface area contributed by atoms with Gasteiger partial charge >= 0.3 is 0 Å². The lowest BCUT2D eigenvalue weighted by atomic mass is 9.80. The van der Waals surface area contributed by atoms with E-state index in [1.165, 1.54) is 76.8 Å². The molecule has 0 bridgehead atoms. The minimum Gasteiger partial charge on any atom is -0.296 e.